The van der Waals surface area contributed by atoms with Gasteiger partial charge >= 0.3 is 0 Å². The Hall–Kier alpha value is -0.480. The van der Waals surface area contributed by atoms with Crippen molar-refractivity contribution in [3.8, 4) is 12.8 Å². The maximum atomic E-state index is 5.95. The van der Waals surface area contributed by atoms with Crippen molar-refractivity contribution in [2.75, 3.05) is 0 Å². The van der Waals surface area contributed by atoms with Gasteiger partial charge in [0, 0.05) is 6.04 Å². The summed E-state index contributed by atoms with van der Waals surface area (Å²) in [5.74, 6) is 3.08. The van der Waals surface area contributed by atoms with E-state index in [0.29, 0.717) is 6.04 Å². The van der Waals surface area contributed by atoms with Gasteiger partial charge in [0.2, 0.25) is 0 Å². The van der Waals surface area contributed by atoms with Gasteiger partial charge in [0.1, 0.15) is 0 Å². The molecular weight excluding hydrogens is 194 g/mol. The van der Waals surface area contributed by atoms with Gasteiger partial charge in [-0.3, -0.25) is 0 Å². The summed E-state index contributed by atoms with van der Waals surface area (Å²) in [4.78, 5) is 0. The molecular formula is C15H27N. The van der Waals surface area contributed by atoms with E-state index in [1.54, 1.807) is 0 Å². The van der Waals surface area contributed by atoms with Crippen molar-refractivity contribution < 1.29 is 0 Å². The van der Waals surface area contributed by atoms with E-state index >= 15 is 0 Å². The molecule has 2 aliphatic carbocycles. The highest BCUT2D eigenvalue weighted by molar-refractivity contribution is 4.82. The summed E-state index contributed by atoms with van der Waals surface area (Å²) in [6.45, 7) is 2.41. The third-order valence-corrected chi connectivity index (χ3v) is 4.54. The third kappa shape index (κ3) is 3.83. The fraction of sp³-hybridized carbons (Fsp3) is 0.867. The zero-order valence-electron chi connectivity index (χ0n) is 10.7. The molecule has 16 heavy (non-hydrogen) atoms. The standard InChI is InChI=1S/C13H25N.C2H2/c1-10-2-4-11(5-3-10)12-6-8-13(14)9-7-12;1-2/h10-13H,2-9,14H2,1H3;1-2H. The Balaban J connectivity index is 0.000000606. The molecule has 0 aromatic rings. The van der Waals surface area contributed by atoms with Crippen LogP contribution in [0.1, 0.15) is 58.3 Å². The molecule has 0 aromatic carbocycles. The van der Waals surface area contributed by atoms with Gasteiger partial charge in [-0.25, -0.2) is 0 Å². The summed E-state index contributed by atoms with van der Waals surface area (Å²) in [6, 6.07) is 0.522. The Morgan fingerprint density at radius 1 is 0.750 bits per heavy atom. The molecule has 2 saturated carbocycles. The normalized spacial score (nSPS) is 39.5. The van der Waals surface area contributed by atoms with Crippen LogP contribution in [0.15, 0.2) is 0 Å². The fourth-order valence-corrected chi connectivity index (χ4v) is 3.37. The third-order valence-electron chi connectivity index (χ3n) is 4.54. The molecule has 0 aliphatic heterocycles. The first-order valence-electron chi connectivity index (χ1n) is 6.84. The molecule has 0 radical (unpaired) electrons. The molecule has 0 heterocycles. The zero-order valence-corrected chi connectivity index (χ0v) is 10.7. The van der Waals surface area contributed by atoms with Crippen LogP contribution >= 0.6 is 0 Å². The van der Waals surface area contributed by atoms with Crippen LogP contribution < -0.4 is 5.73 Å². The molecule has 2 fully saturated rings. The Labute approximate surface area is 101 Å². The van der Waals surface area contributed by atoms with Gasteiger partial charge in [0.05, 0.1) is 0 Å². The van der Waals surface area contributed by atoms with Crippen molar-refractivity contribution in [2.24, 2.45) is 23.5 Å². The Kier molecular flexibility index (Phi) is 5.91. The molecule has 0 unspecified atom stereocenters. The van der Waals surface area contributed by atoms with Crippen molar-refractivity contribution in [3.05, 3.63) is 0 Å². The minimum Gasteiger partial charge on any atom is -0.328 e. The average molecular weight is 221 g/mol. The fourth-order valence-electron chi connectivity index (χ4n) is 3.37. The lowest BCUT2D eigenvalue weighted by Crippen LogP contribution is -2.31. The second kappa shape index (κ2) is 6.97. The van der Waals surface area contributed by atoms with E-state index < -0.39 is 0 Å². The van der Waals surface area contributed by atoms with Crippen molar-refractivity contribution in [1.29, 1.82) is 0 Å². The minimum absolute atomic E-state index is 0.522. The number of hydrogen-bond acceptors (Lipinski definition) is 1. The molecule has 0 bridgehead atoms. The van der Waals surface area contributed by atoms with Gasteiger partial charge in [0.15, 0.2) is 0 Å². The second-order valence-electron chi connectivity index (χ2n) is 5.69. The SMILES string of the molecule is C#C.CC1CCC(C2CCC(N)CC2)CC1. The highest BCUT2D eigenvalue weighted by atomic mass is 14.6. The van der Waals surface area contributed by atoms with E-state index in [-0.39, 0.29) is 0 Å². The van der Waals surface area contributed by atoms with E-state index in [4.69, 9.17) is 5.73 Å². The average Bonchev–Trinajstić information content (AvgIpc) is 2.34. The largest absolute Gasteiger partial charge is 0.328 e. The lowest BCUT2D eigenvalue weighted by atomic mass is 9.71. The first-order chi connectivity index (χ1) is 7.75. The maximum absolute atomic E-state index is 5.95. The topological polar surface area (TPSA) is 26.0 Å². The number of terminal acetylenes is 1. The van der Waals surface area contributed by atoms with Crippen LogP contribution in [0.2, 0.25) is 0 Å². The molecule has 2 rings (SSSR count). The Morgan fingerprint density at radius 2 is 1.12 bits per heavy atom. The van der Waals surface area contributed by atoms with Crippen LogP contribution in [0, 0.1) is 30.6 Å². The summed E-state index contributed by atoms with van der Waals surface area (Å²) in [6.07, 6.45) is 19.4. The first-order valence-corrected chi connectivity index (χ1v) is 6.84. The number of nitrogens with two attached hydrogens (primary N) is 1. The Bertz CT molecular complexity index is 173. The lowest BCUT2D eigenvalue weighted by molar-refractivity contribution is 0.166. The van der Waals surface area contributed by atoms with E-state index in [1.165, 1.54) is 51.4 Å². The van der Waals surface area contributed by atoms with Gasteiger partial charge in [-0.05, 0) is 56.3 Å². The molecule has 0 saturated heterocycles. The van der Waals surface area contributed by atoms with E-state index in [0.717, 1.165) is 17.8 Å². The molecule has 92 valence electrons. The minimum atomic E-state index is 0.522. The smallest absolute Gasteiger partial charge is 0.00390 e. The van der Waals surface area contributed by atoms with Gasteiger partial charge in [-0.15, -0.1) is 12.8 Å². The highest BCUT2D eigenvalue weighted by Gasteiger charge is 2.28. The monoisotopic (exact) mass is 221 g/mol. The predicted octanol–water partition coefficient (Wildman–Crippen LogP) is 3.58. The Morgan fingerprint density at radius 3 is 1.56 bits per heavy atom. The lowest BCUT2D eigenvalue weighted by Gasteiger charge is -2.36. The van der Waals surface area contributed by atoms with E-state index in [9.17, 15) is 0 Å². The zero-order chi connectivity index (χ0) is 12.0. The second-order valence-corrected chi connectivity index (χ2v) is 5.69. The summed E-state index contributed by atoms with van der Waals surface area (Å²) in [7, 11) is 0. The summed E-state index contributed by atoms with van der Waals surface area (Å²) in [5.41, 5.74) is 5.95. The predicted molar refractivity (Wildman–Crippen MR) is 70.9 cm³/mol. The van der Waals surface area contributed by atoms with Crippen LogP contribution in [0.3, 0.4) is 0 Å². The van der Waals surface area contributed by atoms with Crippen molar-refractivity contribution >= 4 is 0 Å². The molecule has 0 amide bonds. The van der Waals surface area contributed by atoms with Gasteiger partial charge < -0.3 is 5.73 Å². The van der Waals surface area contributed by atoms with Crippen LogP contribution in [0.4, 0.5) is 0 Å². The van der Waals surface area contributed by atoms with Crippen LogP contribution in [0.5, 0.6) is 0 Å². The van der Waals surface area contributed by atoms with Crippen molar-refractivity contribution in [3.63, 3.8) is 0 Å². The molecule has 2 N–H and O–H groups in total. The van der Waals surface area contributed by atoms with Crippen LogP contribution in [-0.2, 0) is 0 Å². The highest BCUT2D eigenvalue weighted by Crippen LogP contribution is 2.39. The summed E-state index contributed by atoms with van der Waals surface area (Å²) >= 11 is 0. The van der Waals surface area contributed by atoms with Crippen LogP contribution in [0.25, 0.3) is 0 Å². The molecule has 0 spiro atoms. The maximum Gasteiger partial charge on any atom is 0.00390 e. The molecule has 1 heteroatoms. The number of hydrogen-bond donors (Lipinski definition) is 1. The van der Waals surface area contributed by atoms with E-state index in [2.05, 4.69) is 19.8 Å². The quantitative estimate of drug-likeness (QED) is 0.673. The summed E-state index contributed by atoms with van der Waals surface area (Å²) in [5, 5.41) is 0. The van der Waals surface area contributed by atoms with Crippen LogP contribution in [-0.4, -0.2) is 6.04 Å². The van der Waals surface area contributed by atoms with E-state index in [1.807, 2.05) is 0 Å². The molecule has 0 aromatic heterocycles. The molecule has 0 atom stereocenters. The molecule has 1 nitrogen and oxygen atoms in total. The van der Waals surface area contributed by atoms with Crippen molar-refractivity contribution in [1.82, 2.24) is 0 Å². The van der Waals surface area contributed by atoms with Gasteiger partial charge in [0.25, 0.3) is 0 Å². The summed E-state index contributed by atoms with van der Waals surface area (Å²) < 4.78 is 0. The van der Waals surface area contributed by atoms with Crippen molar-refractivity contribution in [2.45, 2.75) is 64.3 Å². The first kappa shape index (κ1) is 13.6. The molecule has 2 aliphatic rings. The number of rotatable bonds is 1. The van der Waals surface area contributed by atoms with Gasteiger partial charge in [-0.1, -0.05) is 19.8 Å². The van der Waals surface area contributed by atoms with Gasteiger partial charge in [-0.2, -0.15) is 0 Å².